The van der Waals surface area contributed by atoms with Gasteiger partial charge in [-0.25, -0.2) is 4.79 Å². The molecule has 4 heteroatoms. The van der Waals surface area contributed by atoms with Crippen molar-refractivity contribution in [1.82, 2.24) is 4.98 Å². The zero-order valence-corrected chi connectivity index (χ0v) is 7.99. The van der Waals surface area contributed by atoms with E-state index in [0.29, 0.717) is 16.8 Å². The van der Waals surface area contributed by atoms with Gasteiger partial charge in [-0.1, -0.05) is 6.07 Å². The molecule has 70 valence electrons. The van der Waals surface area contributed by atoms with Gasteiger partial charge in [0.25, 0.3) is 0 Å². The highest BCUT2D eigenvalue weighted by molar-refractivity contribution is 7.08. The third kappa shape index (κ3) is 1.52. The summed E-state index contributed by atoms with van der Waals surface area (Å²) >= 11 is 1.37. The Morgan fingerprint density at radius 1 is 1.36 bits per heavy atom. The summed E-state index contributed by atoms with van der Waals surface area (Å²) in [5, 5.41) is 12.3. The van der Waals surface area contributed by atoms with Gasteiger partial charge in [0.05, 0.1) is 11.3 Å². The van der Waals surface area contributed by atoms with Gasteiger partial charge in [0.2, 0.25) is 0 Å². The average molecular weight is 205 g/mol. The molecule has 2 aromatic heterocycles. The predicted octanol–water partition coefficient (Wildman–Crippen LogP) is 2.51. The lowest BCUT2D eigenvalue weighted by Gasteiger charge is -1.97. The Hall–Kier alpha value is -1.68. The Labute approximate surface area is 84.7 Å². The number of carbonyl (C=O) groups is 1. The first kappa shape index (κ1) is 8.90. The smallest absolute Gasteiger partial charge is 0.337 e. The minimum atomic E-state index is -0.910. The molecule has 0 atom stereocenters. The molecule has 0 bridgehead atoms. The number of thiophene rings is 1. The minimum Gasteiger partial charge on any atom is -0.478 e. The Morgan fingerprint density at radius 2 is 2.21 bits per heavy atom. The summed E-state index contributed by atoms with van der Waals surface area (Å²) in [5.41, 5.74) is 1.70. The molecule has 2 rings (SSSR count). The van der Waals surface area contributed by atoms with E-state index in [0.717, 1.165) is 0 Å². The van der Waals surface area contributed by atoms with Gasteiger partial charge in [0, 0.05) is 22.5 Å². The van der Waals surface area contributed by atoms with E-state index in [4.69, 9.17) is 5.11 Å². The summed E-state index contributed by atoms with van der Waals surface area (Å²) in [6, 6.07) is 5.44. The predicted molar refractivity (Wildman–Crippen MR) is 54.5 cm³/mol. The summed E-state index contributed by atoms with van der Waals surface area (Å²) in [6.45, 7) is 0. The van der Waals surface area contributed by atoms with Gasteiger partial charge >= 0.3 is 5.97 Å². The first-order valence-corrected chi connectivity index (χ1v) is 4.94. The molecular formula is C10H7NO2S. The molecule has 0 aliphatic rings. The Morgan fingerprint density at radius 3 is 2.86 bits per heavy atom. The number of pyridine rings is 1. The Bertz CT molecular complexity index is 450. The molecule has 0 aromatic carbocycles. The second-order valence-corrected chi connectivity index (χ2v) is 3.46. The number of nitrogens with zero attached hydrogens (tertiary/aromatic N) is 1. The summed E-state index contributed by atoms with van der Waals surface area (Å²) in [5.74, 6) is -0.910. The summed E-state index contributed by atoms with van der Waals surface area (Å²) in [6.07, 6.45) is 1.65. The molecular weight excluding hydrogens is 198 g/mol. The monoisotopic (exact) mass is 205 g/mol. The van der Waals surface area contributed by atoms with Gasteiger partial charge in [0.1, 0.15) is 0 Å². The molecule has 0 spiro atoms. The van der Waals surface area contributed by atoms with Crippen LogP contribution in [0.15, 0.2) is 35.2 Å². The van der Waals surface area contributed by atoms with Crippen LogP contribution in [0, 0.1) is 0 Å². The van der Waals surface area contributed by atoms with Gasteiger partial charge in [-0.2, -0.15) is 11.3 Å². The first-order valence-electron chi connectivity index (χ1n) is 4.00. The van der Waals surface area contributed by atoms with Crippen molar-refractivity contribution in [1.29, 1.82) is 0 Å². The first-order chi connectivity index (χ1) is 6.79. The molecule has 0 saturated heterocycles. The Balaban J connectivity index is 2.52. The van der Waals surface area contributed by atoms with Crippen molar-refractivity contribution in [3.8, 4) is 11.3 Å². The fraction of sp³-hybridized carbons (Fsp3) is 0. The quantitative estimate of drug-likeness (QED) is 0.819. The van der Waals surface area contributed by atoms with Crippen LogP contribution in [-0.2, 0) is 0 Å². The van der Waals surface area contributed by atoms with Gasteiger partial charge < -0.3 is 5.11 Å². The second-order valence-electron chi connectivity index (χ2n) is 2.72. The number of carboxylic acids is 1. The van der Waals surface area contributed by atoms with Crippen molar-refractivity contribution in [3.63, 3.8) is 0 Å². The topological polar surface area (TPSA) is 50.2 Å². The number of hydrogen-bond donors (Lipinski definition) is 1. The van der Waals surface area contributed by atoms with Crippen LogP contribution in [0.25, 0.3) is 11.3 Å². The van der Waals surface area contributed by atoms with Crippen molar-refractivity contribution < 1.29 is 9.90 Å². The van der Waals surface area contributed by atoms with Gasteiger partial charge in [-0.15, -0.1) is 0 Å². The highest BCUT2D eigenvalue weighted by atomic mass is 32.1. The van der Waals surface area contributed by atoms with Crippen LogP contribution in [0.2, 0.25) is 0 Å². The zero-order chi connectivity index (χ0) is 9.97. The molecule has 0 saturated carbocycles. The lowest BCUT2D eigenvalue weighted by atomic mass is 10.1. The van der Waals surface area contributed by atoms with E-state index in [1.807, 2.05) is 6.07 Å². The number of aromatic nitrogens is 1. The van der Waals surface area contributed by atoms with Crippen LogP contribution >= 0.6 is 11.3 Å². The fourth-order valence-corrected chi connectivity index (χ4v) is 2.00. The fourth-order valence-electron chi connectivity index (χ4n) is 1.18. The van der Waals surface area contributed by atoms with Crippen LogP contribution in [-0.4, -0.2) is 16.1 Å². The molecule has 1 N–H and O–H groups in total. The van der Waals surface area contributed by atoms with Crippen molar-refractivity contribution in [2.45, 2.75) is 0 Å². The maximum Gasteiger partial charge on any atom is 0.337 e. The molecule has 0 aliphatic carbocycles. The number of aromatic carboxylic acids is 1. The van der Waals surface area contributed by atoms with E-state index in [1.54, 1.807) is 29.1 Å². The Kier molecular flexibility index (Phi) is 2.28. The molecule has 0 radical (unpaired) electrons. The zero-order valence-electron chi connectivity index (χ0n) is 7.18. The molecule has 0 fully saturated rings. The lowest BCUT2D eigenvalue weighted by Crippen LogP contribution is -1.96. The van der Waals surface area contributed by atoms with Gasteiger partial charge in [-0.05, 0) is 12.1 Å². The number of hydrogen-bond acceptors (Lipinski definition) is 3. The largest absolute Gasteiger partial charge is 0.478 e. The van der Waals surface area contributed by atoms with Gasteiger partial charge in [-0.3, -0.25) is 4.98 Å². The number of carboxylic acid groups (broad SMARTS) is 1. The molecule has 0 unspecified atom stereocenters. The third-order valence-corrected chi connectivity index (χ3v) is 2.58. The van der Waals surface area contributed by atoms with E-state index in [9.17, 15) is 4.79 Å². The van der Waals surface area contributed by atoms with Crippen molar-refractivity contribution >= 4 is 17.3 Å². The molecule has 3 nitrogen and oxygen atoms in total. The van der Waals surface area contributed by atoms with E-state index in [2.05, 4.69) is 4.98 Å². The van der Waals surface area contributed by atoms with Crippen LogP contribution in [0.5, 0.6) is 0 Å². The maximum atomic E-state index is 10.8. The van der Waals surface area contributed by atoms with Crippen molar-refractivity contribution in [3.05, 3.63) is 40.7 Å². The summed E-state index contributed by atoms with van der Waals surface area (Å²) in [7, 11) is 0. The van der Waals surface area contributed by atoms with E-state index < -0.39 is 5.97 Å². The third-order valence-electron chi connectivity index (χ3n) is 1.83. The van der Waals surface area contributed by atoms with Crippen LogP contribution in [0.4, 0.5) is 0 Å². The van der Waals surface area contributed by atoms with Crippen LogP contribution in [0.3, 0.4) is 0 Å². The normalized spacial score (nSPS) is 10.0. The van der Waals surface area contributed by atoms with Crippen molar-refractivity contribution in [2.75, 3.05) is 0 Å². The summed E-state index contributed by atoms with van der Waals surface area (Å²) in [4.78, 5) is 14.9. The van der Waals surface area contributed by atoms with E-state index in [1.165, 1.54) is 11.3 Å². The van der Waals surface area contributed by atoms with E-state index >= 15 is 0 Å². The average Bonchev–Trinajstić information content (AvgIpc) is 2.67. The SMILES string of the molecule is O=C(O)c1cscc1-c1ccccn1. The molecule has 2 aromatic rings. The lowest BCUT2D eigenvalue weighted by molar-refractivity contribution is 0.0698. The number of rotatable bonds is 2. The standard InChI is InChI=1S/C10H7NO2S/c12-10(13)8-6-14-5-7(8)9-3-1-2-4-11-9/h1-6H,(H,12,13). The molecule has 0 amide bonds. The van der Waals surface area contributed by atoms with Crippen molar-refractivity contribution in [2.24, 2.45) is 0 Å². The molecule has 0 aliphatic heterocycles. The van der Waals surface area contributed by atoms with Crippen LogP contribution < -0.4 is 0 Å². The summed E-state index contributed by atoms with van der Waals surface area (Å²) < 4.78 is 0. The highest BCUT2D eigenvalue weighted by Gasteiger charge is 2.12. The highest BCUT2D eigenvalue weighted by Crippen LogP contribution is 2.25. The van der Waals surface area contributed by atoms with E-state index in [-0.39, 0.29) is 0 Å². The molecule has 2 heterocycles. The van der Waals surface area contributed by atoms with Gasteiger partial charge in [0.15, 0.2) is 0 Å². The molecule has 14 heavy (non-hydrogen) atoms. The second kappa shape index (κ2) is 3.59. The minimum absolute atomic E-state index is 0.314. The van der Waals surface area contributed by atoms with Crippen LogP contribution in [0.1, 0.15) is 10.4 Å². The maximum absolute atomic E-state index is 10.8.